The summed E-state index contributed by atoms with van der Waals surface area (Å²) in [4.78, 5) is 5.11. The quantitative estimate of drug-likeness (QED) is 0.639. The van der Waals surface area contributed by atoms with Crippen LogP contribution in [0.25, 0.3) is 0 Å². The van der Waals surface area contributed by atoms with Gasteiger partial charge < -0.3 is 0 Å². The smallest absolute Gasteiger partial charge is 0.0818 e. The van der Waals surface area contributed by atoms with Crippen LogP contribution >= 0.6 is 22.9 Å². The molecule has 0 radical (unpaired) electrons. The molecule has 1 heterocycles. The maximum atomic E-state index is 5.82. The van der Waals surface area contributed by atoms with E-state index in [1.807, 2.05) is 30.5 Å². The van der Waals surface area contributed by atoms with Gasteiger partial charge in [-0.2, -0.15) is 0 Å². The first-order valence-electron chi connectivity index (χ1n) is 4.41. The van der Waals surface area contributed by atoms with Gasteiger partial charge in [-0.3, -0.25) is 10.8 Å². The summed E-state index contributed by atoms with van der Waals surface area (Å²) in [5.74, 6) is 5.53. The van der Waals surface area contributed by atoms with Crippen LogP contribution in [0, 0.1) is 0 Å². The van der Waals surface area contributed by atoms with E-state index in [1.165, 1.54) is 0 Å². The Labute approximate surface area is 96.9 Å². The Morgan fingerprint density at radius 1 is 1.33 bits per heavy atom. The van der Waals surface area contributed by atoms with Gasteiger partial charge in [-0.1, -0.05) is 23.7 Å². The number of benzene rings is 1. The van der Waals surface area contributed by atoms with E-state index in [9.17, 15) is 0 Å². The SMILES string of the molecule is NNC(c1ccc(Cl)cc1)c1cncs1. The van der Waals surface area contributed by atoms with Crippen molar-refractivity contribution in [1.29, 1.82) is 0 Å². The molecule has 0 fully saturated rings. The maximum Gasteiger partial charge on any atom is 0.0818 e. The molecule has 3 N–H and O–H groups in total. The van der Waals surface area contributed by atoms with E-state index in [0.717, 1.165) is 15.5 Å². The molecule has 0 amide bonds. The highest BCUT2D eigenvalue weighted by atomic mass is 35.5. The van der Waals surface area contributed by atoms with E-state index < -0.39 is 0 Å². The Kier molecular flexibility index (Phi) is 3.33. The van der Waals surface area contributed by atoms with Gasteiger partial charge in [0.15, 0.2) is 0 Å². The van der Waals surface area contributed by atoms with Gasteiger partial charge in [0.2, 0.25) is 0 Å². The van der Waals surface area contributed by atoms with Crippen LogP contribution in [0.2, 0.25) is 5.02 Å². The minimum absolute atomic E-state index is 0.0187. The number of nitrogens with one attached hydrogen (secondary N) is 1. The van der Waals surface area contributed by atoms with E-state index in [0.29, 0.717) is 0 Å². The second-order valence-electron chi connectivity index (χ2n) is 3.06. The number of nitrogens with two attached hydrogens (primary N) is 1. The lowest BCUT2D eigenvalue weighted by atomic mass is 10.1. The highest BCUT2D eigenvalue weighted by Crippen LogP contribution is 2.24. The lowest BCUT2D eigenvalue weighted by molar-refractivity contribution is 0.645. The average molecular weight is 240 g/mol. The first-order chi connectivity index (χ1) is 7.31. The third-order valence-electron chi connectivity index (χ3n) is 2.11. The summed E-state index contributed by atoms with van der Waals surface area (Å²) in [6.45, 7) is 0. The summed E-state index contributed by atoms with van der Waals surface area (Å²) in [5.41, 5.74) is 5.63. The number of halogens is 1. The summed E-state index contributed by atoms with van der Waals surface area (Å²) in [6, 6.07) is 7.58. The molecule has 1 aromatic carbocycles. The molecule has 0 aliphatic rings. The predicted octanol–water partition coefficient (Wildman–Crippen LogP) is 2.35. The minimum Gasteiger partial charge on any atom is -0.271 e. The zero-order valence-corrected chi connectivity index (χ0v) is 9.42. The first kappa shape index (κ1) is 10.6. The van der Waals surface area contributed by atoms with Crippen molar-refractivity contribution in [2.24, 2.45) is 5.84 Å². The molecule has 15 heavy (non-hydrogen) atoms. The van der Waals surface area contributed by atoms with Crippen molar-refractivity contribution in [3.05, 3.63) is 51.4 Å². The van der Waals surface area contributed by atoms with Crippen LogP contribution in [0.3, 0.4) is 0 Å². The Morgan fingerprint density at radius 3 is 2.60 bits per heavy atom. The number of aromatic nitrogens is 1. The van der Waals surface area contributed by atoms with Gasteiger partial charge in [-0.05, 0) is 17.7 Å². The van der Waals surface area contributed by atoms with E-state index in [2.05, 4.69) is 10.4 Å². The summed E-state index contributed by atoms with van der Waals surface area (Å²) in [7, 11) is 0. The lowest BCUT2D eigenvalue weighted by Crippen LogP contribution is -2.28. The maximum absolute atomic E-state index is 5.82. The van der Waals surface area contributed by atoms with Crippen LogP contribution in [0.15, 0.2) is 36.0 Å². The molecule has 0 spiro atoms. The van der Waals surface area contributed by atoms with Crippen LogP contribution in [0.1, 0.15) is 16.5 Å². The lowest BCUT2D eigenvalue weighted by Gasteiger charge is -2.13. The second-order valence-corrected chi connectivity index (χ2v) is 4.41. The summed E-state index contributed by atoms with van der Waals surface area (Å²) in [5, 5.41) is 0.721. The van der Waals surface area contributed by atoms with Crippen LogP contribution in [0.5, 0.6) is 0 Å². The number of hydrazine groups is 1. The van der Waals surface area contributed by atoms with Crippen molar-refractivity contribution >= 4 is 22.9 Å². The van der Waals surface area contributed by atoms with Gasteiger partial charge in [-0.15, -0.1) is 11.3 Å². The topological polar surface area (TPSA) is 50.9 Å². The molecule has 78 valence electrons. The normalized spacial score (nSPS) is 12.7. The van der Waals surface area contributed by atoms with Crippen molar-refractivity contribution < 1.29 is 0 Å². The molecule has 1 aromatic heterocycles. The molecular formula is C10H10ClN3S. The fourth-order valence-corrected chi connectivity index (χ4v) is 2.20. The van der Waals surface area contributed by atoms with E-state index in [4.69, 9.17) is 17.4 Å². The van der Waals surface area contributed by atoms with Crippen LogP contribution < -0.4 is 11.3 Å². The van der Waals surface area contributed by atoms with Crippen molar-refractivity contribution in [2.75, 3.05) is 0 Å². The third kappa shape index (κ3) is 2.35. The largest absolute Gasteiger partial charge is 0.271 e. The van der Waals surface area contributed by atoms with Crippen molar-refractivity contribution in [3.8, 4) is 0 Å². The standard InChI is InChI=1S/C10H10ClN3S/c11-8-3-1-7(2-4-8)10(14-12)9-5-13-6-15-9/h1-6,10,14H,12H2. The van der Waals surface area contributed by atoms with E-state index in [-0.39, 0.29) is 6.04 Å². The molecule has 1 unspecified atom stereocenters. The number of hydrogen-bond donors (Lipinski definition) is 2. The highest BCUT2D eigenvalue weighted by molar-refractivity contribution is 7.09. The van der Waals surface area contributed by atoms with E-state index >= 15 is 0 Å². The third-order valence-corrected chi connectivity index (χ3v) is 3.20. The monoisotopic (exact) mass is 239 g/mol. The van der Waals surface area contributed by atoms with Crippen molar-refractivity contribution in [2.45, 2.75) is 6.04 Å². The molecule has 0 aliphatic carbocycles. The zero-order chi connectivity index (χ0) is 10.7. The van der Waals surface area contributed by atoms with Gasteiger partial charge >= 0.3 is 0 Å². The van der Waals surface area contributed by atoms with Crippen LogP contribution in [0.4, 0.5) is 0 Å². The van der Waals surface area contributed by atoms with Crippen LogP contribution in [-0.4, -0.2) is 4.98 Å². The van der Waals surface area contributed by atoms with Crippen molar-refractivity contribution in [1.82, 2.24) is 10.4 Å². The fourth-order valence-electron chi connectivity index (χ4n) is 1.37. The van der Waals surface area contributed by atoms with Gasteiger partial charge in [0.05, 0.1) is 11.6 Å². The highest BCUT2D eigenvalue weighted by Gasteiger charge is 2.13. The Balaban J connectivity index is 2.31. The Morgan fingerprint density at radius 2 is 2.07 bits per heavy atom. The predicted molar refractivity (Wildman–Crippen MR) is 62.7 cm³/mol. The van der Waals surface area contributed by atoms with E-state index in [1.54, 1.807) is 16.8 Å². The molecule has 3 nitrogen and oxygen atoms in total. The van der Waals surface area contributed by atoms with Gasteiger partial charge in [-0.25, -0.2) is 5.43 Å². The molecular weight excluding hydrogens is 230 g/mol. The number of rotatable bonds is 3. The summed E-state index contributed by atoms with van der Waals surface area (Å²) < 4.78 is 0. The van der Waals surface area contributed by atoms with Crippen LogP contribution in [-0.2, 0) is 0 Å². The molecule has 1 atom stereocenters. The molecule has 0 saturated heterocycles. The van der Waals surface area contributed by atoms with Gasteiger partial charge in [0, 0.05) is 16.1 Å². The molecule has 2 aromatic rings. The minimum atomic E-state index is -0.0187. The van der Waals surface area contributed by atoms with Crippen molar-refractivity contribution in [3.63, 3.8) is 0 Å². The molecule has 0 bridgehead atoms. The second kappa shape index (κ2) is 4.72. The molecule has 0 saturated carbocycles. The van der Waals surface area contributed by atoms with Gasteiger partial charge in [0.25, 0.3) is 0 Å². The summed E-state index contributed by atoms with van der Waals surface area (Å²) >= 11 is 7.39. The number of nitrogens with zero attached hydrogens (tertiary/aromatic N) is 1. The zero-order valence-electron chi connectivity index (χ0n) is 7.85. The molecule has 5 heteroatoms. The number of thiazole rings is 1. The average Bonchev–Trinajstić information content (AvgIpc) is 2.75. The number of hydrogen-bond acceptors (Lipinski definition) is 4. The van der Waals surface area contributed by atoms with Gasteiger partial charge in [0.1, 0.15) is 0 Å². The fraction of sp³-hybridized carbons (Fsp3) is 0.100. The first-order valence-corrected chi connectivity index (χ1v) is 5.67. The Bertz CT molecular complexity index is 413. The Hall–Kier alpha value is -0.940. The molecule has 2 rings (SSSR count). The summed E-state index contributed by atoms with van der Waals surface area (Å²) in [6.07, 6.45) is 1.81. The molecule has 0 aliphatic heterocycles.